The van der Waals surface area contributed by atoms with Crippen molar-refractivity contribution in [1.82, 2.24) is 14.4 Å². The fourth-order valence-corrected chi connectivity index (χ4v) is 2.48. The molecule has 4 nitrogen and oxygen atoms in total. The van der Waals surface area contributed by atoms with Crippen LogP contribution in [0.1, 0.15) is 17.4 Å². The van der Waals surface area contributed by atoms with Gasteiger partial charge in [0.1, 0.15) is 23.0 Å². The summed E-state index contributed by atoms with van der Waals surface area (Å²) in [6, 6.07) is 3.59. The zero-order valence-corrected chi connectivity index (χ0v) is 9.13. The quantitative estimate of drug-likeness (QED) is 0.732. The van der Waals surface area contributed by atoms with Gasteiger partial charge in [0.05, 0.1) is 0 Å². The molecule has 0 aliphatic carbocycles. The molecule has 5 heteroatoms. The molecule has 3 aromatic rings. The second-order valence-electron chi connectivity index (χ2n) is 3.43. The van der Waals surface area contributed by atoms with Gasteiger partial charge in [-0.1, -0.05) is 0 Å². The number of thiazole rings is 1. The van der Waals surface area contributed by atoms with Gasteiger partial charge in [-0.15, -0.1) is 11.3 Å². The summed E-state index contributed by atoms with van der Waals surface area (Å²) in [5.41, 5.74) is 1.50. The molecule has 3 heterocycles. The van der Waals surface area contributed by atoms with Crippen LogP contribution in [-0.4, -0.2) is 19.5 Å². The molecule has 0 saturated heterocycles. The Kier molecular flexibility index (Phi) is 2.19. The predicted octanol–water partition coefficient (Wildman–Crippen LogP) is 1.87. The summed E-state index contributed by atoms with van der Waals surface area (Å²) in [4.78, 5) is 9.14. The van der Waals surface area contributed by atoms with Crippen molar-refractivity contribution in [3.8, 4) is 0 Å². The van der Waals surface area contributed by atoms with E-state index in [9.17, 15) is 5.11 Å². The summed E-state index contributed by atoms with van der Waals surface area (Å²) in [5, 5.41) is 12.2. The van der Waals surface area contributed by atoms with Crippen molar-refractivity contribution in [2.75, 3.05) is 0 Å². The first-order chi connectivity index (χ1) is 7.86. The molecule has 0 aliphatic rings. The van der Waals surface area contributed by atoms with E-state index in [1.54, 1.807) is 42.2 Å². The number of pyridine rings is 1. The minimum absolute atomic E-state index is 0.688. The van der Waals surface area contributed by atoms with Gasteiger partial charge in [-0.3, -0.25) is 9.38 Å². The normalized spacial score (nSPS) is 13.1. The fraction of sp³-hybridized carbons (Fsp3) is 0.0909. The minimum atomic E-state index is -0.688. The molecule has 0 spiro atoms. The van der Waals surface area contributed by atoms with Gasteiger partial charge >= 0.3 is 0 Å². The van der Waals surface area contributed by atoms with Crippen molar-refractivity contribution in [3.63, 3.8) is 0 Å². The first-order valence-electron chi connectivity index (χ1n) is 4.84. The zero-order valence-electron chi connectivity index (χ0n) is 8.32. The Hall–Kier alpha value is -1.72. The van der Waals surface area contributed by atoms with E-state index in [4.69, 9.17) is 0 Å². The van der Waals surface area contributed by atoms with Crippen molar-refractivity contribution in [3.05, 3.63) is 53.7 Å². The lowest BCUT2D eigenvalue weighted by atomic mass is 10.1. The van der Waals surface area contributed by atoms with E-state index in [0.29, 0.717) is 5.69 Å². The van der Waals surface area contributed by atoms with Gasteiger partial charge in [0.25, 0.3) is 0 Å². The molecular formula is C11H9N3OS. The number of aliphatic hydroxyl groups excluding tert-OH is 1. The number of fused-ring (bicyclic) bond motifs is 1. The van der Waals surface area contributed by atoms with Crippen LogP contribution >= 0.6 is 11.3 Å². The molecule has 16 heavy (non-hydrogen) atoms. The Bertz CT molecular complexity index is 602. The molecule has 0 amide bonds. The van der Waals surface area contributed by atoms with E-state index in [1.807, 2.05) is 16.0 Å². The Morgan fingerprint density at radius 3 is 2.94 bits per heavy atom. The van der Waals surface area contributed by atoms with Gasteiger partial charge in [-0.2, -0.15) is 0 Å². The van der Waals surface area contributed by atoms with Crippen LogP contribution in [0.5, 0.6) is 0 Å². The van der Waals surface area contributed by atoms with Crippen LogP contribution in [0.25, 0.3) is 4.83 Å². The number of aromatic nitrogens is 3. The van der Waals surface area contributed by atoms with Gasteiger partial charge in [-0.25, -0.2) is 4.98 Å². The number of rotatable bonds is 2. The maximum absolute atomic E-state index is 10.2. The van der Waals surface area contributed by atoms with Crippen LogP contribution in [0.15, 0.2) is 42.4 Å². The van der Waals surface area contributed by atoms with Crippen molar-refractivity contribution < 1.29 is 5.11 Å². The smallest absolute Gasteiger partial charge is 0.125 e. The molecule has 3 rings (SSSR count). The van der Waals surface area contributed by atoms with E-state index in [-0.39, 0.29) is 0 Å². The molecule has 3 aromatic heterocycles. The summed E-state index contributed by atoms with van der Waals surface area (Å²) in [6.07, 6.45) is 6.29. The van der Waals surface area contributed by atoms with E-state index in [2.05, 4.69) is 9.97 Å². The highest BCUT2D eigenvalue weighted by Gasteiger charge is 2.16. The van der Waals surface area contributed by atoms with Gasteiger partial charge in [0.15, 0.2) is 0 Å². The van der Waals surface area contributed by atoms with Crippen LogP contribution in [0.4, 0.5) is 0 Å². The first-order valence-corrected chi connectivity index (χ1v) is 5.72. The largest absolute Gasteiger partial charge is 0.382 e. The Morgan fingerprint density at radius 1 is 1.31 bits per heavy atom. The van der Waals surface area contributed by atoms with Gasteiger partial charge in [0.2, 0.25) is 0 Å². The lowest BCUT2D eigenvalue weighted by molar-refractivity contribution is 0.217. The van der Waals surface area contributed by atoms with E-state index in [1.165, 1.54) is 0 Å². The molecule has 0 bridgehead atoms. The number of hydrogen-bond donors (Lipinski definition) is 1. The molecule has 0 aromatic carbocycles. The summed E-state index contributed by atoms with van der Waals surface area (Å²) in [6.45, 7) is 0. The minimum Gasteiger partial charge on any atom is -0.382 e. The molecular weight excluding hydrogens is 222 g/mol. The topological polar surface area (TPSA) is 50.4 Å². The highest BCUT2D eigenvalue weighted by Crippen LogP contribution is 2.26. The predicted molar refractivity (Wildman–Crippen MR) is 61.4 cm³/mol. The monoisotopic (exact) mass is 231 g/mol. The number of nitrogens with zero attached hydrogens (tertiary/aromatic N) is 3. The molecule has 0 radical (unpaired) electrons. The maximum Gasteiger partial charge on any atom is 0.125 e. The molecule has 0 fully saturated rings. The lowest BCUT2D eigenvalue weighted by Crippen LogP contribution is -2.00. The second kappa shape index (κ2) is 3.70. The highest BCUT2D eigenvalue weighted by atomic mass is 32.1. The standard InChI is InChI=1S/C11H9N3OS/c15-10(8-1-3-12-4-2-8)9-11-14(7-13-9)5-6-16-11/h1-7,10,15H/t10-/m1/s1. The average Bonchev–Trinajstić information content (AvgIpc) is 2.91. The average molecular weight is 231 g/mol. The van der Waals surface area contributed by atoms with Crippen LogP contribution < -0.4 is 0 Å². The number of hydrogen-bond acceptors (Lipinski definition) is 4. The molecule has 0 saturated carbocycles. The summed E-state index contributed by atoms with van der Waals surface area (Å²) in [5.74, 6) is 0. The molecule has 80 valence electrons. The third-order valence-corrected chi connectivity index (χ3v) is 3.36. The SMILES string of the molecule is O[C@H](c1ccncc1)c1ncn2ccsc12. The number of imidazole rings is 1. The third-order valence-electron chi connectivity index (χ3n) is 2.46. The van der Waals surface area contributed by atoms with Crippen molar-refractivity contribution in [2.24, 2.45) is 0 Å². The molecule has 1 N–H and O–H groups in total. The Morgan fingerprint density at radius 2 is 2.12 bits per heavy atom. The highest BCUT2D eigenvalue weighted by molar-refractivity contribution is 7.15. The Balaban J connectivity index is 2.08. The fourth-order valence-electron chi connectivity index (χ4n) is 1.64. The Labute approximate surface area is 95.8 Å². The van der Waals surface area contributed by atoms with Crippen molar-refractivity contribution in [1.29, 1.82) is 0 Å². The number of aliphatic hydroxyl groups is 1. The third kappa shape index (κ3) is 1.41. The molecule has 0 aliphatic heterocycles. The van der Waals surface area contributed by atoms with Gasteiger partial charge < -0.3 is 5.11 Å². The first kappa shape index (κ1) is 9.50. The van der Waals surface area contributed by atoms with Gasteiger partial charge in [-0.05, 0) is 17.7 Å². The molecule has 1 atom stereocenters. The van der Waals surface area contributed by atoms with E-state index >= 15 is 0 Å². The second-order valence-corrected chi connectivity index (χ2v) is 4.32. The lowest BCUT2D eigenvalue weighted by Gasteiger charge is -2.07. The summed E-state index contributed by atoms with van der Waals surface area (Å²) >= 11 is 1.57. The van der Waals surface area contributed by atoms with Gasteiger partial charge in [0, 0.05) is 24.0 Å². The van der Waals surface area contributed by atoms with Crippen molar-refractivity contribution in [2.45, 2.75) is 6.10 Å². The van der Waals surface area contributed by atoms with E-state index < -0.39 is 6.10 Å². The summed E-state index contributed by atoms with van der Waals surface area (Å²) in [7, 11) is 0. The van der Waals surface area contributed by atoms with Crippen LogP contribution in [0, 0.1) is 0 Å². The van der Waals surface area contributed by atoms with Crippen molar-refractivity contribution >= 4 is 16.2 Å². The maximum atomic E-state index is 10.2. The van der Waals surface area contributed by atoms with Crippen LogP contribution in [0.2, 0.25) is 0 Å². The summed E-state index contributed by atoms with van der Waals surface area (Å²) < 4.78 is 1.91. The molecule has 0 unspecified atom stereocenters. The van der Waals surface area contributed by atoms with E-state index in [0.717, 1.165) is 10.4 Å². The van der Waals surface area contributed by atoms with Crippen LogP contribution in [0.3, 0.4) is 0 Å². The van der Waals surface area contributed by atoms with Crippen LogP contribution in [-0.2, 0) is 0 Å². The zero-order chi connectivity index (χ0) is 11.0.